The number of aliphatic carboxylic acids is 1. The molecule has 0 spiro atoms. The molecule has 0 amide bonds. The number of carboxylic acid groups (broad SMARTS) is 1. The first-order valence-corrected chi connectivity index (χ1v) is 10.2. The number of carboxylic acids is 1. The van der Waals surface area contributed by atoms with Gasteiger partial charge in [-0.3, -0.25) is 10.1 Å². The van der Waals surface area contributed by atoms with Crippen molar-refractivity contribution >= 4 is 11.7 Å². The van der Waals surface area contributed by atoms with E-state index >= 15 is 0 Å². The lowest BCUT2D eigenvalue weighted by atomic mass is 10.0. The van der Waals surface area contributed by atoms with Gasteiger partial charge < -0.3 is 9.84 Å². The zero-order chi connectivity index (χ0) is 19.9. The van der Waals surface area contributed by atoms with Crippen LogP contribution in [0.4, 0.5) is 5.69 Å². The number of nitro benzene ring substituents is 1. The van der Waals surface area contributed by atoms with Crippen molar-refractivity contribution in [2.45, 2.75) is 90.1 Å². The molecule has 1 unspecified atom stereocenters. The van der Waals surface area contributed by atoms with E-state index < -0.39 is 17.0 Å². The van der Waals surface area contributed by atoms with Crippen LogP contribution in [0.15, 0.2) is 24.3 Å². The molecule has 0 bridgehead atoms. The third-order valence-electron chi connectivity index (χ3n) is 4.67. The van der Waals surface area contributed by atoms with Gasteiger partial charge in [0.05, 0.1) is 4.92 Å². The Morgan fingerprint density at radius 2 is 1.44 bits per heavy atom. The normalized spacial score (nSPS) is 11.9. The smallest absolute Gasteiger partial charge is 0.344 e. The summed E-state index contributed by atoms with van der Waals surface area (Å²) in [5.41, 5.74) is -0.0420. The third kappa shape index (κ3) is 10.6. The highest BCUT2D eigenvalue weighted by atomic mass is 16.6. The van der Waals surface area contributed by atoms with Crippen molar-refractivity contribution in [1.29, 1.82) is 0 Å². The van der Waals surface area contributed by atoms with Crippen LogP contribution < -0.4 is 4.74 Å². The van der Waals surface area contributed by atoms with Crippen LogP contribution in [0.25, 0.3) is 0 Å². The predicted molar refractivity (Wildman–Crippen MR) is 106 cm³/mol. The summed E-state index contributed by atoms with van der Waals surface area (Å²) in [5.74, 6) is -0.656. The Labute approximate surface area is 162 Å². The van der Waals surface area contributed by atoms with E-state index in [2.05, 4.69) is 6.92 Å². The third-order valence-corrected chi connectivity index (χ3v) is 4.67. The molecule has 0 aromatic heterocycles. The fourth-order valence-electron chi connectivity index (χ4n) is 3.04. The molecule has 6 heteroatoms. The van der Waals surface area contributed by atoms with Gasteiger partial charge in [0.25, 0.3) is 5.69 Å². The lowest BCUT2D eigenvalue weighted by Gasteiger charge is -2.15. The second-order valence-corrected chi connectivity index (χ2v) is 7.02. The van der Waals surface area contributed by atoms with Crippen LogP contribution in [-0.4, -0.2) is 22.1 Å². The maximum Gasteiger partial charge on any atom is 0.344 e. The van der Waals surface area contributed by atoms with E-state index in [-0.39, 0.29) is 5.69 Å². The van der Waals surface area contributed by atoms with Gasteiger partial charge in [-0.15, -0.1) is 0 Å². The number of rotatable bonds is 16. The Balaban J connectivity index is 2.16. The van der Waals surface area contributed by atoms with Crippen LogP contribution in [-0.2, 0) is 4.79 Å². The van der Waals surface area contributed by atoms with Gasteiger partial charge in [-0.2, -0.15) is 0 Å². The number of ether oxygens (including phenoxy) is 1. The number of hydrogen-bond acceptors (Lipinski definition) is 4. The van der Waals surface area contributed by atoms with Gasteiger partial charge in [0.2, 0.25) is 0 Å². The number of non-ortho nitro benzene ring substituents is 1. The Kier molecular flexibility index (Phi) is 11.9. The van der Waals surface area contributed by atoms with Crippen molar-refractivity contribution in [2.24, 2.45) is 0 Å². The fraction of sp³-hybridized carbons (Fsp3) is 0.667. The molecule has 1 aromatic carbocycles. The molecule has 1 rings (SSSR count). The standard InChI is InChI=1S/C21H33NO5/c1-2-3-4-5-6-7-8-9-10-11-12-13-20(21(23)24)27-19-16-14-18(15-17-19)22(25)26/h14-17,20H,2-13H2,1H3,(H,23,24). The van der Waals surface area contributed by atoms with Crippen molar-refractivity contribution in [2.75, 3.05) is 0 Å². The van der Waals surface area contributed by atoms with Crippen molar-refractivity contribution in [3.63, 3.8) is 0 Å². The highest BCUT2D eigenvalue weighted by molar-refractivity contribution is 5.72. The van der Waals surface area contributed by atoms with Crippen molar-refractivity contribution in [3.8, 4) is 5.75 Å². The SMILES string of the molecule is CCCCCCCCCCCCCC(Oc1ccc([N+](=O)[O-])cc1)C(=O)O. The van der Waals surface area contributed by atoms with Crippen LogP contribution in [0.2, 0.25) is 0 Å². The largest absolute Gasteiger partial charge is 0.479 e. The average Bonchev–Trinajstić information content (AvgIpc) is 2.65. The molecule has 1 atom stereocenters. The van der Waals surface area contributed by atoms with E-state index in [1.54, 1.807) is 0 Å². The quantitative estimate of drug-likeness (QED) is 0.212. The molecule has 0 fully saturated rings. The lowest BCUT2D eigenvalue weighted by Crippen LogP contribution is -2.26. The summed E-state index contributed by atoms with van der Waals surface area (Å²) in [6.45, 7) is 2.23. The average molecular weight is 379 g/mol. The minimum Gasteiger partial charge on any atom is -0.479 e. The molecular weight excluding hydrogens is 346 g/mol. The molecule has 152 valence electrons. The molecule has 0 aliphatic rings. The first kappa shape index (κ1) is 22.9. The van der Waals surface area contributed by atoms with Crippen molar-refractivity contribution in [1.82, 2.24) is 0 Å². The molecule has 0 aliphatic carbocycles. The number of hydrogen-bond donors (Lipinski definition) is 1. The molecule has 1 aromatic rings. The van der Waals surface area contributed by atoms with Crippen LogP contribution >= 0.6 is 0 Å². The molecule has 6 nitrogen and oxygen atoms in total. The maximum atomic E-state index is 11.4. The van der Waals surface area contributed by atoms with E-state index in [9.17, 15) is 20.0 Å². The van der Waals surface area contributed by atoms with Crippen LogP contribution in [0, 0.1) is 10.1 Å². The molecule has 0 saturated heterocycles. The van der Waals surface area contributed by atoms with E-state index in [4.69, 9.17) is 4.74 Å². The summed E-state index contributed by atoms with van der Waals surface area (Å²) in [7, 11) is 0. The van der Waals surface area contributed by atoms with Gasteiger partial charge in [0.1, 0.15) is 5.75 Å². The molecule has 27 heavy (non-hydrogen) atoms. The van der Waals surface area contributed by atoms with Gasteiger partial charge in [-0.1, -0.05) is 71.1 Å². The van der Waals surface area contributed by atoms with E-state index in [0.29, 0.717) is 12.2 Å². The van der Waals surface area contributed by atoms with Gasteiger partial charge in [-0.25, -0.2) is 4.79 Å². The van der Waals surface area contributed by atoms with Gasteiger partial charge in [-0.05, 0) is 25.0 Å². The van der Waals surface area contributed by atoms with E-state index in [1.807, 2.05) is 0 Å². The molecule has 0 radical (unpaired) electrons. The summed E-state index contributed by atoms with van der Waals surface area (Å²) < 4.78 is 5.48. The van der Waals surface area contributed by atoms with Crippen LogP contribution in [0.3, 0.4) is 0 Å². The van der Waals surface area contributed by atoms with Gasteiger partial charge in [0, 0.05) is 12.1 Å². The zero-order valence-electron chi connectivity index (χ0n) is 16.4. The maximum absolute atomic E-state index is 11.4. The summed E-state index contributed by atoms with van der Waals surface area (Å²) in [4.78, 5) is 21.5. The van der Waals surface area contributed by atoms with Gasteiger partial charge in [0.15, 0.2) is 6.10 Å². The molecule has 0 saturated carbocycles. The van der Waals surface area contributed by atoms with Crippen molar-refractivity contribution < 1.29 is 19.6 Å². The first-order chi connectivity index (χ1) is 13.0. The van der Waals surface area contributed by atoms with Gasteiger partial charge >= 0.3 is 5.97 Å². The number of nitro groups is 1. The summed E-state index contributed by atoms with van der Waals surface area (Å²) in [6.07, 6.45) is 12.9. The Morgan fingerprint density at radius 1 is 0.963 bits per heavy atom. The summed E-state index contributed by atoms with van der Waals surface area (Å²) in [5, 5.41) is 19.9. The highest BCUT2D eigenvalue weighted by Gasteiger charge is 2.19. The topological polar surface area (TPSA) is 89.7 Å². The minimum absolute atomic E-state index is 0.0420. The second-order valence-electron chi connectivity index (χ2n) is 7.02. The number of carbonyl (C=O) groups is 1. The Hall–Kier alpha value is -2.11. The van der Waals surface area contributed by atoms with E-state index in [1.165, 1.54) is 75.6 Å². The summed E-state index contributed by atoms with van der Waals surface area (Å²) in [6, 6.07) is 5.51. The van der Waals surface area contributed by atoms with Crippen LogP contribution in [0.5, 0.6) is 5.75 Å². The van der Waals surface area contributed by atoms with Crippen LogP contribution in [0.1, 0.15) is 84.0 Å². The minimum atomic E-state index is -1.000. The predicted octanol–water partition coefficient (Wildman–Crippen LogP) is 6.13. The highest BCUT2D eigenvalue weighted by Crippen LogP contribution is 2.20. The number of unbranched alkanes of at least 4 members (excludes halogenated alkanes) is 10. The second kappa shape index (κ2) is 14.0. The Bertz CT molecular complexity index is 544. The monoisotopic (exact) mass is 379 g/mol. The number of benzene rings is 1. The molecule has 0 heterocycles. The molecular formula is C21H33NO5. The molecule has 1 N–H and O–H groups in total. The number of nitrogens with zero attached hydrogens (tertiary/aromatic N) is 1. The first-order valence-electron chi connectivity index (χ1n) is 10.2. The zero-order valence-corrected chi connectivity index (χ0v) is 16.4. The van der Waals surface area contributed by atoms with E-state index in [0.717, 1.165) is 19.3 Å². The fourth-order valence-corrected chi connectivity index (χ4v) is 3.04. The Morgan fingerprint density at radius 3 is 1.89 bits per heavy atom. The summed E-state index contributed by atoms with van der Waals surface area (Å²) >= 11 is 0. The van der Waals surface area contributed by atoms with Crippen molar-refractivity contribution in [3.05, 3.63) is 34.4 Å². The molecule has 0 aliphatic heterocycles. The lowest BCUT2D eigenvalue weighted by molar-refractivity contribution is -0.384.